The van der Waals surface area contributed by atoms with E-state index < -0.39 is 11.8 Å². The first kappa shape index (κ1) is 18.6. The predicted octanol–water partition coefficient (Wildman–Crippen LogP) is 0.0932. The number of carbonyl (C=O) groups is 2. The van der Waals surface area contributed by atoms with E-state index in [0.717, 1.165) is 0 Å². The second kappa shape index (κ2) is 8.28. The Bertz CT molecular complexity index is 702. The molecule has 0 aliphatic rings. The lowest BCUT2D eigenvalue weighted by Crippen LogP contribution is -2.24. The van der Waals surface area contributed by atoms with Crippen LogP contribution in [-0.2, 0) is 9.59 Å². The Balaban J connectivity index is 3.22. The minimum atomic E-state index is -0.540. The molecule has 1 aromatic carbocycles. The molecule has 126 valence electrons. The van der Waals surface area contributed by atoms with Crippen LogP contribution in [0.5, 0.6) is 0 Å². The number of nitrogens with two attached hydrogens (primary N) is 4. The number of aliphatic imine (C=N–C) groups is 2. The maximum absolute atomic E-state index is 11.8. The van der Waals surface area contributed by atoms with Gasteiger partial charge in [0.05, 0.1) is 0 Å². The summed E-state index contributed by atoms with van der Waals surface area (Å²) in [7, 11) is 0. The molecule has 0 aliphatic heterocycles. The van der Waals surface area contributed by atoms with Crippen molar-refractivity contribution in [3.63, 3.8) is 0 Å². The number of benzene rings is 1. The van der Waals surface area contributed by atoms with E-state index in [1.165, 1.54) is 0 Å². The summed E-state index contributed by atoms with van der Waals surface area (Å²) < 4.78 is 0. The van der Waals surface area contributed by atoms with E-state index in [9.17, 15) is 9.59 Å². The van der Waals surface area contributed by atoms with Crippen molar-refractivity contribution in [2.75, 3.05) is 0 Å². The minimum absolute atomic E-state index is 0.306. The number of amides is 2. The molecule has 0 unspecified atom stereocenters. The van der Waals surface area contributed by atoms with E-state index in [0.29, 0.717) is 22.3 Å². The van der Waals surface area contributed by atoms with E-state index in [1.54, 1.807) is 50.3 Å². The zero-order valence-electron chi connectivity index (χ0n) is 13.5. The van der Waals surface area contributed by atoms with Crippen molar-refractivity contribution in [2.24, 2.45) is 32.9 Å². The van der Waals surface area contributed by atoms with Gasteiger partial charge in [-0.3, -0.25) is 9.59 Å². The zero-order chi connectivity index (χ0) is 18.3. The fourth-order valence-corrected chi connectivity index (χ4v) is 1.77. The summed E-state index contributed by atoms with van der Waals surface area (Å²) in [5.41, 5.74) is 22.9. The lowest BCUT2D eigenvalue weighted by atomic mass is 10.0. The van der Waals surface area contributed by atoms with Gasteiger partial charge in [-0.05, 0) is 37.1 Å². The number of rotatable bonds is 4. The molecule has 8 nitrogen and oxygen atoms in total. The Hall–Kier alpha value is -3.42. The molecule has 0 heterocycles. The third-order valence-corrected chi connectivity index (χ3v) is 2.88. The molecule has 0 saturated carbocycles. The fraction of sp³-hybridized carbons (Fsp3) is 0.125. The van der Waals surface area contributed by atoms with Crippen LogP contribution in [-0.4, -0.2) is 23.7 Å². The summed E-state index contributed by atoms with van der Waals surface area (Å²) in [6, 6.07) is 7.18. The number of hydrogen-bond acceptors (Lipinski definition) is 2. The van der Waals surface area contributed by atoms with Crippen molar-refractivity contribution in [3.05, 3.63) is 46.5 Å². The molecular weight excluding hydrogens is 308 g/mol. The monoisotopic (exact) mass is 328 g/mol. The number of nitrogens with zero attached hydrogens (tertiary/aromatic N) is 2. The van der Waals surface area contributed by atoms with Crippen molar-refractivity contribution in [2.45, 2.75) is 13.8 Å². The van der Waals surface area contributed by atoms with E-state index in [4.69, 9.17) is 22.9 Å². The molecule has 0 spiro atoms. The first-order chi connectivity index (χ1) is 11.2. The van der Waals surface area contributed by atoms with Crippen LogP contribution < -0.4 is 22.9 Å². The predicted molar refractivity (Wildman–Crippen MR) is 95.4 cm³/mol. The Morgan fingerprint density at radius 3 is 1.42 bits per heavy atom. The molecule has 2 amide bonds. The maximum atomic E-state index is 11.8. The molecule has 1 aromatic rings. The Labute approximate surface area is 139 Å². The van der Waals surface area contributed by atoms with E-state index >= 15 is 0 Å². The number of guanidine groups is 2. The van der Waals surface area contributed by atoms with Crippen LogP contribution in [0.1, 0.15) is 25.0 Å². The zero-order valence-corrected chi connectivity index (χ0v) is 13.5. The number of hydrogen-bond donors (Lipinski definition) is 4. The molecule has 8 heteroatoms. The summed E-state index contributed by atoms with van der Waals surface area (Å²) in [5, 5.41) is 0. The molecule has 0 radical (unpaired) electrons. The minimum Gasteiger partial charge on any atom is -0.370 e. The summed E-state index contributed by atoms with van der Waals surface area (Å²) in [4.78, 5) is 30.5. The molecule has 24 heavy (non-hydrogen) atoms. The van der Waals surface area contributed by atoms with Crippen LogP contribution >= 0.6 is 0 Å². The van der Waals surface area contributed by atoms with E-state index in [-0.39, 0.29) is 11.9 Å². The molecule has 0 fully saturated rings. The van der Waals surface area contributed by atoms with Gasteiger partial charge in [-0.15, -0.1) is 0 Å². The van der Waals surface area contributed by atoms with Gasteiger partial charge in [0.2, 0.25) is 0 Å². The van der Waals surface area contributed by atoms with Crippen LogP contribution in [0.2, 0.25) is 0 Å². The fourth-order valence-electron chi connectivity index (χ4n) is 1.77. The summed E-state index contributed by atoms with van der Waals surface area (Å²) in [5.74, 6) is -1.69. The van der Waals surface area contributed by atoms with Gasteiger partial charge in [0.1, 0.15) is 0 Å². The highest BCUT2D eigenvalue weighted by Gasteiger charge is 2.07. The SMILES string of the molecule is CC(=Cc1ccccc1C=C(C)C(=O)N=C(N)N)C(=O)N=C(N)N. The summed E-state index contributed by atoms with van der Waals surface area (Å²) in [6.07, 6.45) is 3.25. The van der Waals surface area contributed by atoms with Crippen molar-refractivity contribution in [1.29, 1.82) is 0 Å². The Morgan fingerprint density at radius 1 is 0.792 bits per heavy atom. The average molecular weight is 328 g/mol. The van der Waals surface area contributed by atoms with Crippen molar-refractivity contribution >= 4 is 35.9 Å². The van der Waals surface area contributed by atoms with Gasteiger partial charge >= 0.3 is 0 Å². The second-order valence-electron chi connectivity index (χ2n) is 4.97. The number of carbonyl (C=O) groups excluding carboxylic acids is 2. The molecule has 0 aliphatic carbocycles. The topological polar surface area (TPSA) is 163 Å². The van der Waals surface area contributed by atoms with Crippen LogP contribution in [0.3, 0.4) is 0 Å². The molecule has 0 bridgehead atoms. The lowest BCUT2D eigenvalue weighted by Gasteiger charge is -2.04. The Morgan fingerprint density at radius 2 is 1.12 bits per heavy atom. The van der Waals surface area contributed by atoms with Gasteiger partial charge in [0.15, 0.2) is 11.9 Å². The van der Waals surface area contributed by atoms with Gasteiger partial charge < -0.3 is 22.9 Å². The van der Waals surface area contributed by atoms with E-state index in [1.807, 2.05) is 0 Å². The second-order valence-corrected chi connectivity index (χ2v) is 4.97. The van der Waals surface area contributed by atoms with Crippen LogP contribution in [0.15, 0.2) is 45.4 Å². The van der Waals surface area contributed by atoms with Gasteiger partial charge in [0, 0.05) is 11.1 Å². The van der Waals surface area contributed by atoms with Crippen molar-refractivity contribution < 1.29 is 9.59 Å². The molecule has 0 atom stereocenters. The highest BCUT2D eigenvalue weighted by molar-refractivity contribution is 6.05. The molecule has 8 N–H and O–H groups in total. The largest absolute Gasteiger partial charge is 0.370 e. The van der Waals surface area contributed by atoms with Gasteiger partial charge in [-0.25, -0.2) is 0 Å². The van der Waals surface area contributed by atoms with Crippen LogP contribution in [0.4, 0.5) is 0 Å². The Kier molecular flexibility index (Phi) is 6.42. The van der Waals surface area contributed by atoms with Crippen LogP contribution in [0, 0.1) is 0 Å². The van der Waals surface area contributed by atoms with E-state index in [2.05, 4.69) is 9.98 Å². The smallest absolute Gasteiger partial charge is 0.275 e. The van der Waals surface area contributed by atoms with Crippen molar-refractivity contribution in [3.8, 4) is 0 Å². The van der Waals surface area contributed by atoms with Crippen LogP contribution in [0.25, 0.3) is 12.2 Å². The summed E-state index contributed by atoms with van der Waals surface area (Å²) in [6.45, 7) is 3.18. The molecule has 1 rings (SSSR count). The molecule has 0 saturated heterocycles. The average Bonchev–Trinajstić information content (AvgIpc) is 2.47. The molecule has 0 aromatic heterocycles. The lowest BCUT2D eigenvalue weighted by molar-refractivity contribution is -0.115. The highest BCUT2D eigenvalue weighted by Crippen LogP contribution is 2.17. The van der Waals surface area contributed by atoms with Gasteiger partial charge in [-0.2, -0.15) is 9.98 Å². The normalized spacial score (nSPS) is 11.6. The molecular formula is C16H20N6O2. The standard InChI is InChI=1S/C16H20N6O2/c1-9(13(23)21-15(17)18)7-11-5-3-4-6-12(11)8-10(2)14(24)22-16(19)20/h3-8H,1-2H3,(H4,17,18,21,23)(H4,19,20,22,24). The van der Waals surface area contributed by atoms with Gasteiger partial charge in [0.25, 0.3) is 11.8 Å². The summed E-state index contributed by atoms with van der Waals surface area (Å²) >= 11 is 0. The highest BCUT2D eigenvalue weighted by atomic mass is 16.2. The van der Waals surface area contributed by atoms with Crippen molar-refractivity contribution in [1.82, 2.24) is 0 Å². The third kappa shape index (κ3) is 5.76. The quantitative estimate of drug-likeness (QED) is 0.348. The third-order valence-electron chi connectivity index (χ3n) is 2.88. The first-order valence-corrected chi connectivity index (χ1v) is 6.94. The maximum Gasteiger partial charge on any atom is 0.275 e. The first-order valence-electron chi connectivity index (χ1n) is 6.94. The van der Waals surface area contributed by atoms with Gasteiger partial charge in [-0.1, -0.05) is 24.3 Å².